The number of benzene rings is 4. The third-order valence-corrected chi connectivity index (χ3v) is 11.4. The smallest absolute Gasteiger partial charge is 0.303 e. The Morgan fingerprint density at radius 1 is 0.891 bits per heavy atom. The maximum atomic E-state index is 14.2. The summed E-state index contributed by atoms with van der Waals surface area (Å²) in [7, 11) is 0. The second-order valence-corrected chi connectivity index (χ2v) is 15.6. The van der Waals surface area contributed by atoms with Gasteiger partial charge in [-0.25, -0.2) is 0 Å². The summed E-state index contributed by atoms with van der Waals surface area (Å²) in [5, 5.41) is 46.5. The van der Waals surface area contributed by atoms with Crippen LogP contribution in [0.15, 0.2) is 102 Å². The lowest BCUT2D eigenvalue weighted by molar-refractivity contribution is -0.438. The summed E-state index contributed by atoms with van der Waals surface area (Å²) in [5.41, 5.74) is 4.20. The third kappa shape index (κ3) is 6.50. The zero-order valence-electron chi connectivity index (χ0n) is 31.2. The summed E-state index contributed by atoms with van der Waals surface area (Å²) in [6.07, 6.45) is 4.65. The number of hydrogen-bond donors (Lipinski definition) is 2. The maximum absolute atomic E-state index is 14.2. The number of carbonyl (C=O) groups excluding carboxylic acids is 1. The molecule has 0 saturated heterocycles. The summed E-state index contributed by atoms with van der Waals surface area (Å²) in [4.78, 5) is 49.3. The standard InChI is InChI=1S/C43H42N4O8/c1-42(2)33-14-9-10-15-34(33)45(25-26-20-28(46(52)53)22-29(21-26)47(54)55)36(42)23-31-40(50)32(41(31)51)24-37-43(3,4)39-30-13-8-7-12-27(30)17-18-35(39)44(37)19-11-5-6-16-38(48)49/h7-10,12-15,17-18,20-24,31,40,50H,5-6,11,16,19,25H2,1-4H3/p+1. The molecule has 3 aliphatic rings. The highest BCUT2D eigenvalue weighted by atomic mass is 16.6. The van der Waals surface area contributed by atoms with Gasteiger partial charge in [-0.2, -0.15) is 4.58 Å². The number of aliphatic hydroxyl groups is 1. The number of fused-ring (bicyclic) bond motifs is 4. The van der Waals surface area contributed by atoms with Gasteiger partial charge in [0.1, 0.15) is 6.54 Å². The van der Waals surface area contributed by atoms with Crippen LogP contribution >= 0.6 is 0 Å². The highest BCUT2D eigenvalue weighted by Gasteiger charge is 2.51. The van der Waals surface area contributed by atoms with Gasteiger partial charge >= 0.3 is 5.97 Å². The van der Waals surface area contributed by atoms with Crippen LogP contribution in [-0.2, 0) is 27.0 Å². The van der Waals surface area contributed by atoms with Crippen LogP contribution in [0.3, 0.4) is 0 Å². The Labute approximate surface area is 318 Å². The van der Waals surface area contributed by atoms with E-state index in [4.69, 9.17) is 5.11 Å². The number of nitrogens with zero attached hydrogens (tertiary/aromatic N) is 4. The molecule has 0 bridgehead atoms. The summed E-state index contributed by atoms with van der Waals surface area (Å²) >= 11 is 0. The number of carbonyl (C=O) groups is 2. The van der Waals surface area contributed by atoms with Crippen LogP contribution in [0, 0.1) is 26.1 Å². The molecule has 4 aromatic rings. The van der Waals surface area contributed by atoms with Crippen LogP contribution in [0.25, 0.3) is 10.8 Å². The number of hydrogen-bond acceptors (Lipinski definition) is 8. The van der Waals surface area contributed by atoms with Gasteiger partial charge in [0.15, 0.2) is 11.5 Å². The second-order valence-electron chi connectivity index (χ2n) is 15.6. The molecule has 0 aromatic heterocycles. The van der Waals surface area contributed by atoms with E-state index >= 15 is 0 Å². The Kier molecular flexibility index (Phi) is 9.50. The number of allylic oxidation sites excluding steroid dienone is 2. The Hall–Kier alpha value is -6.01. The van der Waals surface area contributed by atoms with E-state index in [-0.39, 0.29) is 18.7 Å². The van der Waals surface area contributed by atoms with Gasteiger partial charge in [-0.15, -0.1) is 0 Å². The molecule has 2 heterocycles. The minimum atomic E-state index is -1.11. The molecule has 1 aliphatic carbocycles. The fraction of sp³-hybridized carbons (Fsp3) is 0.326. The van der Waals surface area contributed by atoms with Crippen molar-refractivity contribution in [3.05, 3.63) is 139 Å². The van der Waals surface area contributed by atoms with E-state index in [9.17, 15) is 34.9 Å². The van der Waals surface area contributed by atoms with E-state index in [1.165, 1.54) is 12.1 Å². The molecular formula is C43H43N4O8+. The van der Waals surface area contributed by atoms with Crippen molar-refractivity contribution >= 4 is 51.0 Å². The van der Waals surface area contributed by atoms with Crippen molar-refractivity contribution in [1.29, 1.82) is 0 Å². The van der Waals surface area contributed by atoms with Gasteiger partial charge in [0, 0.05) is 71.6 Å². The molecule has 2 unspecified atom stereocenters. The predicted octanol–water partition coefficient (Wildman–Crippen LogP) is 8.05. The molecule has 7 rings (SSSR count). The summed E-state index contributed by atoms with van der Waals surface area (Å²) in [5.74, 6) is -1.91. The van der Waals surface area contributed by atoms with Gasteiger partial charge < -0.3 is 15.1 Å². The van der Waals surface area contributed by atoms with Crippen molar-refractivity contribution in [2.24, 2.45) is 5.92 Å². The van der Waals surface area contributed by atoms with Crippen molar-refractivity contribution in [2.75, 3.05) is 11.4 Å². The zero-order valence-corrected chi connectivity index (χ0v) is 31.2. The Balaban J connectivity index is 1.25. The maximum Gasteiger partial charge on any atom is 0.303 e. The van der Waals surface area contributed by atoms with E-state index in [2.05, 4.69) is 42.7 Å². The van der Waals surface area contributed by atoms with E-state index in [1.807, 2.05) is 61.2 Å². The predicted molar refractivity (Wildman–Crippen MR) is 209 cm³/mol. The lowest BCUT2D eigenvalue weighted by atomic mass is 9.70. The van der Waals surface area contributed by atoms with Gasteiger partial charge in [-0.1, -0.05) is 62.4 Å². The van der Waals surface area contributed by atoms with E-state index in [0.29, 0.717) is 29.8 Å². The van der Waals surface area contributed by atoms with Gasteiger partial charge in [-0.3, -0.25) is 29.8 Å². The number of rotatable bonds is 12. The number of anilines is 1. The van der Waals surface area contributed by atoms with Crippen LogP contribution in [0.2, 0.25) is 0 Å². The number of unbranched alkanes of at least 4 members (excludes halogenated alkanes) is 2. The van der Waals surface area contributed by atoms with Crippen LogP contribution in [0.1, 0.15) is 70.1 Å². The number of carboxylic acids is 1. The third-order valence-electron chi connectivity index (χ3n) is 11.4. The summed E-state index contributed by atoms with van der Waals surface area (Å²) in [6, 6.07) is 23.6. The zero-order chi connectivity index (χ0) is 39.4. The average Bonchev–Trinajstić information content (AvgIpc) is 3.50. The fourth-order valence-electron chi connectivity index (χ4n) is 8.63. The summed E-state index contributed by atoms with van der Waals surface area (Å²) in [6.45, 7) is 8.94. The fourth-order valence-corrected chi connectivity index (χ4v) is 8.63. The van der Waals surface area contributed by atoms with Crippen molar-refractivity contribution < 1.29 is 34.2 Å². The molecule has 0 amide bonds. The first-order valence-electron chi connectivity index (χ1n) is 18.5. The Bertz CT molecular complexity index is 2360. The van der Waals surface area contributed by atoms with Gasteiger partial charge in [0.2, 0.25) is 5.69 Å². The monoisotopic (exact) mass is 743 g/mol. The molecule has 1 saturated carbocycles. The number of nitro benzene ring substituents is 2. The molecule has 2 aliphatic heterocycles. The normalized spacial score (nSPS) is 20.9. The van der Waals surface area contributed by atoms with Crippen molar-refractivity contribution in [3.8, 4) is 0 Å². The minimum absolute atomic E-state index is 0.0637. The number of ketones is 1. The molecule has 4 aromatic carbocycles. The van der Waals surface area contributed by atoms with Crippen LogP contribution in [-0.4, -0.2) is 54.7 Å². The van der Waals surface area contributed by atoms with E-state index in [1.54, 1.807) is 6.08 Å². The highest BCUT2D eigenvalue weighted by Crippen LogP contribution is 2.50. The molecule has 282 valence electrons. The topological polar surface area (TPSA) is 167 Å². The largest absolute Gasteiger partial charge is 0.481 e. The molecule has 0 spiro atoms. The molecule has 0 radical (unpaired) electrons. The lowest BCUT2D eigenvalue weighted by Crippen LogP contribution is -2.46. The molecule has 2 atom stereocenters. The van der Waals surface area contributed by atoms with Crippen molar-refractivity contribution in [2.45, 2.75) is 76.9 Å². The molecule has 12 heteroatoms. The van der Waals surface area contributed by atoms with Crippen LogP contribution in [0.5, 0.6) is 0 Å². The lowest BCUT2D eigenvalue weighted by Gasteiger charge is -2.35. The van der Waals surface area contributed by atoms with Gasteiger partial charge in [-0.05, 0) is 60.7 Å². The first kappa shape index (κ1) is 37.3. The van der Waals surface area contributed by atoms with Crippen LogP contribution < -0.4 is 4.90 Å². The first-order valence-corrected chi connectivity index (χ1v) is 18.5. The molecule has 12 nitrogen and oxygen atoms in total. The first-order chi connectivity index (χ1) is 26.1. The van der Waals surface area contributed by atoms with E-state index < -0.39 is 50.0 Å². The quantitative estimate of drug-likeness (QED) is 0.0480. The van der Waals surface area contributed by atoms with Crippen molar-refractivity contribution in [3.63, 3.8) is 0 Å². The van der Waals surface area contributed by atoms with Gasteiger partial charge in [0.05, 0.1) is 33.3 Å². The molecule has 2 N–H and O–H groups in total. The van der Waals surface area contributed by atoms with Crippen molar-refractivity contribution in [1.82, 2.24) is 0 Å². The second kappa shape index (κ2) is 14.0. The summed E-state index contributed by atoms with van der Waals surface area (Å²) < 4.78 is 2.21. The molecular weight excluding hydrogens is 700 g/mol. The number of aliphatic carboxylic acids is 1. The number of para-hydroxylation sites is 1. The SMILES string of the molecule is CC1(C)C(=CC2C(=O)C(=CC3=[N+](CCCCCC(=O)O)c4ccc5ccccc5c4C3(C)C)C2O)N(Cc2cc([N+](=O)[O-])cc([N+](=O)[O-])c2)c2ccccc21. The Morgan fingerprint density at radius 3 is 2.24 bits per heavy atom. The number of non-ortho nitro benzene ring substituents is 2. The molecule has 55 heavy (non-hydrogen) atoms. The number of Topliss-reactive ketones (excluding diaryl/α,β-unsaturated/α-hetero) is 1. The van der Waals surface area contributed by atoms with Crippen LogP contribution in [0.4, 0.5) is 22.7 Å². The highest BCUT2D eigenvalue weighted by molar-refractivity contribution is 6.15. The molecule has 1 fully saturated rings. The number of carboxylic acid groups (broad SMARTS) is 1. The van der Waals surface area contributed by atoms with Gasteiger partial charge in [0.25, 0.3) is 11.4 Å². The average molecular weight is 744 g/mol. The number of aliphatic hydroxyl groups excluding tert-OH is 1. The minimum Gasteiger partial charge on any atom is -0.481 e. The number of nitro groups is 2. The Morgan fingerprint density at radius 2 is 1.56 bits per heavy atom. The van der Waals surface area contributed by atoms with E-state index in [0.717, 1.165) is 57.9 Å².